The summed E-state index contributed by atoms with van der Waals surface area (Å²) in [6.45, 7) is 1.86. The second-order valence-electron chi connectivity index (χ2n) is 4.69. The predicted molar refractivity (Wildman–Crippen MR) is 88.6 cm³/mol. The maximum atomic E-state index is 11.7. The van der Waals surface area contributed by atoms with Crippen LogP contribution >= 0.6 is 23.8 Å². The van der Waals surface area contributed by atoms with Gasteiger partial charge in [0.1, 0.15) is 4.99 Å². The number of thiocarbonyl (C=S) groups is 1. The van der Waals surface area contributed by atoms with Crippen molar-refractivity contribution in [2.45, 2.75) is 6.54 Å². The van der Waals surface area contributed by atoms with Crippen LogP contribution in [0.3, 0.4) is 0 Å². The van der Waals surface area contributed by atoms with Crippen LogP contribution < -0.4 is 11.1 Å². The van der Waals surface area contributed by atoms with Gasteiger partial charge < -0.3 is 15.8 Å². The molecule has 0 saturated heterocycles. The Morgan fingerprint density at radius 1 is 1.52 bits per heavy atom. The molecular weight excluding hydrogens is 310 g/mol. The van der Waals surface area contributed by atoms with Crippen LogP contribution in [-0.2, 0) is 16.1 Å². The van der Waals surface area contributed by atoms with Crippen molar-refractivity contribution in [1.82, 2.24) is 10.2 Å². The Morgan fingerprint density at radius 2 is 2.24 bits per heavy atom. The summed E-state index contributed by atoms with van der Waals surface area (Å²) < 4.78 is 4.87. The van der Waals surface area contributed by atoms with E-state index in [1.54, 1.807) is 13.2 Å². The molecule has 1 aromatic rings. The van der Waals surface area contributed by atoms with E-state index in [0.29, 0.717) is 29.7 Å². The molecule has 0 radical (unpaired) electrons. The molecule has 0 unspecified atom stereocenters. The van der Waals surface area contributed by atoms with Gasteiger partial charge in [0.15, 0.2) is 0 Å². The number of carbonyl (C=O) groups is 1. The van der Waals surface area contributed by atoms with Gasteiger partial charge in [-0.05, 0) is 18.7 Å². The molecule has 0 heterocycles. The quantitative estimate of drug-likeness (QED) is 0.553. The molecule has 0 spiro atoms. The standard InChI is InChI=1S/C14H20ClN3O2S/c1-18(9-13(19)17-5-6-20-2)8-11-4-3-10(14(16)21)7-12(11)15/h3-4,7H,5-6,8-9H2,1-2H3,(H2,16,21)(H,17,19). The maximum Gasteiger partial charge on any atom is 0.234 e. The summed E-state index contributed by atoms with van der Waals surface area (Å²) >= 11 is 11.1. The zero-order valence-corrected chi connectivity index (χ0v) is 13.8. The number of amides is 1. The van der Waals surface area contributed by atoms with Gasteiger partial charge in [-0.25, -0.2) is 0 Å². The molecule has 0 saturated carbocycles. The van der Waals surface area contributed by atoms with Gasteiger partial charge in [0.2, 0.25) is 5.91 Å². The molecule has 0 bridgehead atoms. The second-order valence-corrected chi connectivity index (χ2v) is 5.53. The Balaban J connectivity index is 2.53. The molecule has 21 heavy (non-hydrogen) atoms. The smallest absolute Gasteiger partial charge is 0.234 e. The summed E-state index contributed by atoms with van der Waals surface area (Å²) in [5.41, 5.74) is 7.21. The van der Waals surface area contributed by atoms with E-state index < -0.39 is 0 Å². The van der Waals surface area contributed by atoms with Gasteiger partial charge in [0.05, 0.1) is 13.2 Å². The number of nitrogens with zero attached hydrogens (tertiary/aromatic N) is 1. The third kappa shape index (κ3) is 6.39. The zero-order chi connectivity index (χ0) is 15.8. The van der Waals surface area contributed by atoms with E-state index in [1.165, 1.54) is 0 Å². The van der Waals surface area contributed by atoms with Crippen molar-refractivity contribution in [3.05, 3.63) is 34.3 Å². The van der Waals surface area contributed by atoms with Crippen LogP contribution in [0.1, 0.15) is 11.1 Å². The van der Waals surface area contributed by atoms with E-state index in [-0.39, 0.29) is 12.5 Å². The number of hydrogen-bond acceptors (Lipinski definition) is 4. The number of hydrogen-bond donors (Lipinski definition) is 2. The molecule has 1 rings (SSSR count). The van der Waals surface area contributed by atoms with Crippen molar-refractivity contribution in [2.24, 2.45) is 5.73 Å². The van der Waals surface area contributed by atoms with E-state index in [9.17, 15) is 4.79 Å². The average Bonchev–Trinajstić information content (AvgIpc) is 2.41. The molecule has 0 aliphatic heterocycles. The minimum absolute atomic E-state index is 0.0505. The number of nitrogens with one attached hydrogen (secondary N) is 1. The van der Waals surface area contributed by atoms with E-state index >= 15 is 0 Å². The maximum absolute atomic E-state index is 11.7. The Labute approximate surface area is 135 Å². The summed E-state index contributed by atoms with van der Waals surface area (Å²) in [4.78, 5) is 13.9. The number of rotatable bonds is 8. The van der Waals surface area contributed by atoms with Gasteiger partial charge >= 0.3 is 0 Å². The first kappa shape index (κ1) is 17.8. The minimum atomic E-state index is -0.0505. The highest BCUT2D eigenvalue weighted by Gasteiger charge is 2.10. The minimum Gasteiger partial charge on any atom is -0.389 e. The van der Waals surface area contributed by atoms with Crippen molar-refractivity contribution in [1.29, 1.82) is 0 Å². The van der Waals surface area contributed by atoms with Gasteiger partial charge in [0.25, 0.3) is 0 Å². The van der Waals surface area contributed by atoms with Gasteiger partial charge in [-0.1, -0.05) is 36.0 Å². The topological polar surface area (TPSA) is 67.6 Å². The molecular formula is C14H20ClN3O2S. The fourth-order valence-corrected chi connectivity index (χ4v) is 2.14. The largest absolute Gasteiger partial charge is 0.389 e. The lowest BCUT2D eigenvalue weighted by Crippen LogP contribution is -2.36. The lowest BCUT2D eigenvalue weighted by molar-refractivity contribution is -0.122. The van der Waals surface area contributed by atoms with Crippen LogP contribution in [0.2, 0.25) is 5.02 Å². The molecule has 3 N–H and O–H groups in total. The monoisotopic (exact) mass is 329 g/mol. The van der Waals surface area contributed by atoms with E-state index in [4.69, 9.17) is 34.3 Å². The van der Waals surface area contributed by atoms with E-state index in [0.717, 1.165) is 11.1 Å². The van der Waals surface area contributed by atoms with Crippen LogP contribution in [0, 0.1) is 0 Å². The summed E-state index contributed by atoms with van der Waals surface area (Å²) in [5, 5.41) is 3.36. The molecule has 0 aliphatic rings. The zero-order valence-electron chi connectivity index (χ0n) is 12.2. The fraction of sp³-hybridized carbons (Fsp3) is 0.429. The number of methoxy groups -OCH3 is 1. The van der Waals surface area contributed by atoms with E-state index in [2.05, 4.69) is 5.32 Å². The molecule has 0 atom stereocenters. The number of nitrogens with two attached hydrogens (primary N) is 1. The van der Waals surface area contributed by atoms with Crippen molar-refractivity contribution in [3.8, 4) is 0 Å². The third-order valence-corrected chi connectivity index (χ3v) is 3.41. The van der Waals surface area contributed by atoms with Gasteiger partial charge in [-0.2, -0.15) is 0 Å². The number of benzene rings is 1. The SMILES string of the molecule is COCCNC(=O)CN(C)Cc1ccc(C(N)=S)cc1Cl. The average molecular weight is 330 g/mol. The summed E-state index contributed by atoms with van der Waals surface area (Å²) in [7, 11) is 3.45. The summed E-state index contributed by atoms with van der Waals surface area (Å²) in [6.07, 6.45) is 0. The third-order valence-electron chi connectivity index (χ3n) is 2.82. The highest BCUT2D eigenvalue weighted by Crippen LogP contribution is 2.19. The molecule has 5 nitrogen and oxygen atoms in total. The second kappa shape index (κ2) is 8.94. The molecule has 7 heteroatoms. The molecule has 1 amide bonds. The van der Waals surface area contributed by atoms with Crippen LogP contribution in [0.5, 0.6) is 0 Å². The van der Waals surface area contributed by atoms with Gasteiger partial charge in [-0.15, -0.1) is 0 Å². The van der Waals surface area contributed by atoms with Gasteiger partial charge in [0, 0.05) is 30.8 Å². The first-order valence-corrected chi connectivity index (χ1v) is 7.25. The highest BCUT2D eigenvalue weighted by atomic mass is 35.5. The van der Waals surface area contributed by atoms with Crippen molar-refractivity contribution in [3.63, 3.8) is 0 Å². The van der Waals surface area contributed by atoms with Crippen LogP contribution in [0.15, 0.2) is 18.2 Å². The number of ether oxygens (including phenoxy) is 1. The van der Waals surface area contributed by atoms with E-state index in [1.807, 2.05) is 24.1 Å². The molecule has 0 fully saturated rings. The molecule has 1 aromatic carbocycles. The van der Waals surface area contributed by atoms with Crippen molar-refractivity contribution >= 4 is 34.7 Å². The Morgan fingerprint density at radius 3 is 2.81 bits per heavy atom. The van der Waals surface area contributed by atoms with Crippen molar-refractivity contribution < 1.29 is 9.53 Å². The fourth-order valence-electron chi connectivity index (χ4n) is 1.77. The lowest BCUT2D eigenvalue weighted by Gasteiger charge is -2.17. The van der Waals surface area contributed by atoms with Crippen LogP contribution in [-0.4, -0.2) is 49.6 Å². The molecule has 0 aliphatic carbocycles. The predicted octanol–water partition coefficient (Wildman–Crippen LogP) is 1.17. The number of halogens is 1. The van der Waals surface area contributed by atoms with Crippen molar-refractivity contribution in [2.75, 3.05) is 33.9 Å². The lowest BCUT2D eigenvalue weighted by atomic mass is 10.1. The van der Waals surface area contributed by atoms with Gasteiger partial charge in [-0.3, -0.25) is 9.69 Å². The number of carbonyl (C=O) groups excluding carboxylic acids is 1. The first-order valence-electron chi connectivity index (χ1n) is 6.46. The normalized spacial score (nSPS) is 10.7. The Kier molecular flexibility index (Phi) is 7.60. The Hall–Kier alpha value is -1.21. The Bertz CT molecular complexity index is 511. The van der Waals surface area contributed by atoms with Crippen LogP contribution in [0.4, 0.5) is 0 Å². The van der Waals surface area contributed by atoms with Crippen LogP contribution in [0.25, 0.3) is 0 Å². The molecule has 0 aromatic heterocycles. The number of likely N-dealkylation sites (N-methyl/N-ethyl adjacent to an activating group) is 1. The molecule has 116 valence electrons. The highest BCUT2D eigenvalue weighted by molar-refractivity contribution is 7.80. The first-order chi connectivity index (χ1) is 9.93. The summed E-state index contributed by atoms with van der Waals surface area (Å²) in [6, 6.07) is 5.44. The summed E-state index contributed by atoms with van der Waals surface area (Å²) in [5.74, 6) is -0.0505.